The fraction of sp³-hybridized carbons (Fsp3) is 0.619. The van der Waals surface area contributed by atoms with Crippen LogP contribution >= 0.6 is 32.9 Å². The lowest BCUT2D eigenvalue weighted by Crippen LogP contribution is -2.50. The number of amides is 6. The number of aromatic hydroxyl groups is 1. The van der Waals surface area contributed by atoms with Crippen LogP contribution in [0, 0.1) is 35.5 Å². The molecule has 1 aliphatic heterocycles. The number of carbonyl (C=O) groups excluding carboxylic acids is 13. The molecule has 0 aliphatic carbocycles. The number of likely N-dealkylation sites (N-methyl/N-ethyl adjacent to an activating group) is 1. The molecular weight excluding hydrogens is 1630 g/mol. The first-order valence-electron chi connectivity index (χ1n) is 40.7. The maximum Gasteiger partial charge on any atom is 0.373 e. The lowest BCUT2D eigenvalue weighted by atomic mass is 9.82. The molecule has 672 valence electrons. The number of nitrogens with one attached hydrogen (secondary N) is 5. The van der Waals surface area contributed by atoms with Crippen LogP contribution in [0.25, 0.3) is 0 Å². The molecule has 3 aromatic rings. The molecule has 1 saturated heterocycles. The Bertz CT molecular complexity index is 3890. The Kier molecular flexibility index (Phi) is 52.1. The summed E-state index contributed by atoms with van der Waals surface area (Å²) in [5.41, 5.74) is 2.38. The number of unbranched alkanes of at least 4 members (excludes halogenated alkanes) is 2. The zero-order valence-electron chi connectivity index (χ0n) is 70.8. The van der Waals surface area contributed by atoms with Gasteiger partial charge in [0.15, 0.2) is 18.3 Å². The predicted molar refractivity (Wildman–Crippen MR) is 448 cm³/mol. The number of rotatable bonds is 57. The number of benzene rings is 2. The summed E-state index contributed by atoms with van der Waals surface area (Å²) in [5, 5.41) is 71.6. The van der Waals surface area contributed by atoms with E-state index in [2.05, 4.69) is 66.1 Å². The third-order valence-electron chi connectivity index (χ3n) is 19.9. The number of likely N-dealkylation sites (tertiary alicyclic amines) is 1. The van der Waals surface area contributed by atoms with Crippen molar-refractivity contribution in [2.45, 2.75) is 246 Å². The second kappa shape index (κ2) is 58.9. The van der Waals surface area contributed by atoms with Crippen molar-refractivity contribution >= 4 is 134 Å². The van der Waals surface area contributed by atoms with Crippen molar-refractivity contribution in [1.82, 2.24) is 41.4 Å². The number of piperidine rings is 1. The van der Waals surface area contributed by atoms with E-state index in [9.17, 15) is 102 Å². The van der Waals surface area contributed by atoms with Gasteiger partial charge < -0.3 is 71.6 Å². The van der Waals surface area contributed by atoms with Crippen molar-refractivity contribution in [1.29, 1.82) is 0 Å². The number of phenolic OH excluding ortho intramolecular Hbond substituents is 1. The number of carboxylic acids is 5. The van der Waals surface area contributed by atoms with Crippen molar-refractivity contribution < 1.29 is 126 Å². The summed E-state index contributed by atoms with van der Waals surface area (Å²) in [4.78, 5) is 223. The summed E-state index contributed by atoms with van der Waals surface area (Å²) in [6.07, 6.45) is 5.57. The molecular formula is C84H122N8O26S3. The van der Waals surface area contributed by atoms with Crippen LogP contribution in [0.1, 0.15) is 229 Å². The average Bonchev–Trinajstić information content (AvgIpc) is 1.79. The molecule has 1 unspecified atom stereocenters. The van der Waals surface area contributed by atoms with Gasteiger partial charge in [-0.05, 0) is 124 Å². The van der Waals surface area contributed by atoms with E-state index >= 15 is 0 Å². The fourth-order valence-corrected chi connectivity index (χ4v) is 16.1. The quantitative estimate of drug-likeness (QED) is 0.0109. The van der Waals surface area contributed by atoms with Crippen LogP contribution in [0.2, 0.25) is 0 Å². The molecule has 1 aliphatic rings. The minimum Gasteiger partial charge on any atom is -0.508 e. The van der Waals surface area contributed by atoms with Gasteiger partial charge in [-0.2, -0.15) is 9.59 Å². The minimum absolute atomic E-state index is 0.0171. The van der Waals surface area contributed by atoms with Crippen LogP contribution in [0.3, 0.4) is 0 Å². The highest BCUT2D eigenvalue weighted by Gasteiger charge is 2.40. The number of Topliss-reactive ketones (excluding diaryl/α,β-unsaturated/α-hetero) is 3. The number of aliphatic carboxylic acids is 5. The van der Waals surface area contributed by atoms with Crippen molar-refractivity contribution in [3.63, 3.8) is 0 Å². The Morgan fingerprint density at radius 2 is 1.29 bits per heavy atom. The molecule has 4 rings (SSSR count). The SMILES string of the molecule is CC(=O)NCC(=O)OCCSSC[C@H](NC(=O)[C@H](CC(=O)O)CC(=O)[C@H](CC(=O)O)NC(=O)Cc1ccc(CC(=O)NCCCC[C@H](CC(=O)CCCCC(=O)O)C(=O)O)cc1)C(=O)O.CCCC(=O)OCN(C(=O)[C@@H](CC(=O)[C@H]1CCCCN1C)C(C)CC)[C@H](C[C@@H](C)c1nc(C(=O)N[C@@H](Cc2ccc(O)cc2)CC(C)C)cs1)C(C)C.O=C=O. The number of carbonyl (C=O) groups is 16. The van der Waals surface area contributed by atoms with Crippen molar-refractivity contribution in [2.75, 3.05) is 51.5 Å². The highest BCUT2D eigenvalue weighted by Crippen LogP contribution is 2.34. The Labute approximate surface area is 717 Å². The van der Waals surface area contributed by atoms with Crippen LogP contribution in [-0.2, 0) is 110 Å². The van der Waals surface area contributed by atoms with Crippen LogP contribution in [0.5, 0.6) is 5.75 Å². The number of carboxylic acid groups (broad SMARTS) is 5. The highest BCUT2D eigenvalue weighted by atomic mass is 33.1. The van der Waals surface area contributed by atoms with Gasteiger partial charge in [-0.25, -0.2) is 9.78 Å². The first-order chi connectivity index (χ1) is 57.2. The van der Waals surface area contributed by atoms with Gasteiger partial charge in [-0.15, -0.1) is 11.3 Å². The Balaban J connectivity index is 0.000000808. The second-order valence-corrected chi connectivity index (χ2v) is 34.4. The maximum absolute atomic E-state index is 14.7. The van der Waals surface area contributed by atoms with Gasteiger partial charge in [0.05, 0.1) is 54.6 Å². The monoisotopic (exact) mass is 1750 g/mol. The second-order valence-electron chi connectivity index (χ2n) is 30.8. The first kappa shape index (κ1) is 107. The molecule has 0 bridgehead atoms. The topological polar surface area (TPSA) is 527 Å². The van der Waals surface area contributed by atoms with E-state index in [-0.39, 0.29) is 172 Å². The Hall–Kier alpha value is -9.97. The lowest BCUT2D eigenvalue weighted by molar-refractivity contribution is -0.192. The standard InChI is InChI=1S/C42H66N4O6S.C41H56N4O18S2.CO2/c1-10-14-39(49)52-26-46(42(51)34(29(7)11-2)24-38(48)36-15-12-13-20-45(36)9)37(28(5)6)22-30(8)41-44-35(25-53-41)40(50)43-32(21-27(3)4)23-31-16-18-33(47)19-17-31;1-24(46)43-22-38(57)63-14-15-64-65-23-31(41(61)62)45-39(58)28(20-36(53)54)19-32(48)30(21-37(55)56)44-34(50)17-26-11-9-25(10-12-26)16-33(49)42-13-5-4-6-27(40(59)60)18-29(47)7-2-3-8-35(51)52;2-1-3/h16-19,25,27-30,32,34,36-37,47H,10-15,20-24,26H2,1-9H3,(H,43,50);9-12,27-28,30-31H,2-8,13-23H2,1H3,(H,42,49)(H,43,46)(H,44,50)(H,45,58)(H,51,52)(H,53,54)(H,55,56)(H,59,60)(H,61,62);/t29?,30-,32-,34+,36-,37-;27-,28+,30+,31+;/m11./s1. The third kappa shape index (κ3) is 44.9. The van der Waals surface area contributed by atoms with Gasteiger partial charge in [-0.1, -0.05) is 133 Å². The van der Waals surface area contributed by atoms with Crippen molar-refractivity contribution in [3.05, 3.63) is 81.3 Å². The minimum atomic E-state index is -1.68. The molecule has 2 aromatic carbocycles. The van der Waals surface area contributed by atoms with Gasteiger partial charge in [-0.3, -0.25) is 76.8 Å². The lowest BCUT2D eigenvalue weighted by Gasteiger charge is -2.39. The summed E-state index contributed by atoms with van der Waals surface area (Å²) < 4.78 is 10.6. The number of hydrogen-bond donors (Lipinski definition) is 11. The molecule has 11 N–H and O–H groups in total. The summed E-state index contributed by atoms with van der Waals surface area (Å²) >= 11 is 1.43. The summed E-state index contributed by atoms with van der Waals surface area (Å²) in [5.74, 6) is -14.4. The number of nitrogens with zero attached hydrogens (tertiary/aromatic N) is 3. The van der Waals surface area contributed by atoms with Crippen LogP contribution in [0.4, 0.5) is 0 Å². The number of esters is 2. The molecule has 121 heavy (non-hydrogen) atoms. The van der Waals surface area contributed by atoms with Crippen LogP contribution in [0.15, 0.2) is 53.9 Å². The molecule has 0 saturated carbocycles. The van der Waals surface area contributed by atoms with E-state index in [4.69, 9.17) is 29.2 Å². The molecule has 10 atom stereocenters. The molecule has 1 fully saturated rings. The molecule has 0 radical (unpaired) electrons. The molecule has 37 heteroatoms. The number of ether oxygens (including phenoxy) is 2. The zero-order valence-corrected chi connectivity index (χ0v) is 73.2. The van der Waals surface area contributed by atoms with Gasteiger partial charge in [0.2, 0.25) is 29.5 Å². The highest BCUT2D eigenvalue weighted by molar-refractivity contribution is 8.76. The van der Waals surface area contributed by atoms with Crippen LogP contribution < -0.4 is 26.6 Å². The van der Waals surface area contributed by atoms with Gasteiger partial charge in [0, 0.05) is 92.8 Å². The molecule has 34 nitrogen and oxygen atoms in total. The molecule has 6 amide bonds. The van der Waals surface area contributed by atoms with E-state index in [0.29, 0.717) is 67.7 Å². The maximum atomic E-state index is 14.7. The molecule has 0 spiro atoms. The van der Waals surface area contributed by atoms with E-state index in [1.54, 1.807) is 34.5 Å². The number of thiazole rings is 1. The van der Waals surface area contributed by atoms with E-state index in [1.165, 1.54) is 30.4 Å². The largest absolute Gasteiger partial charge is 0.508 e. The van der Waals surface area contributed by atoms with Gasteiger partial charge >= 0.3 is 47.9 Å². The zero-order chi connectivity index (χ0) is 90.8. The summed E-state index contributed by atoms with van der Waals surface area (Å²) in [6.45, 7) is 18.2. The number of hydrogen-bond acceptors (Lipinski definition) is 26. The predicted octanol–water partition coefficient (Wildman–Crippen LogP) is 8.41. The third-order valence-corrected chi connectivity index (χ3v) is 23.4. The van der Waals surface area contributed by atoms with Crippen molar-refractivity contribution in [2.24, 2.45) is 35.5 Å². The molecule has 2 heterocycles. The van der Waals surface area contributed by atoms with E-state index < -0.39 is 108 Å². The van der Waals surface area contributed by atoms with E-state index in [1.807, 2.05) is 40.0 Å². The summed E-state index contributed by atoms with van der Waals surface area (Å²) in [6, 6.07) is 9.48. The average molecular weight is 1760 g/mol. The smallest absolute Gasteiger partial charge is 0.373 e. The number of phenols is 1. The fourth-order valence-electron chi connectivity index (χ4n) is 13.2. The summed E-state index contributed by atoms with van der Waals surface area (Å²) in [7, 11) is 4.08. The number of ketones is 3. The first-order valence-corrected chi connectivity index (χ1v) is 44.1. The van der Waals surface area contributed by atoms with Gasteiger partial charge in [0.1, 0.15) is 36.4 Å². The molecule has 1 aromatic heterocycles. The number of aromatic nitrogens is 1. The normalized spacial score (nSPS) is 14.7. The van der Waals surface area contributed by atoms with Crippen molar-refractivity contribution in [3.8, 4) is 5.75 Å². The van der Waals surface area contributed by atoms with Crippen LogP contribution in [-0.4, -0.2) is 228 Å². The Morgan fingerprint density at radius 3 is 1.86 bits per heavy atom. The Morgan fingerprint density at radius 1 is 0.661 bits per heavy atom. The van der Waals surface area contributed by atoms with E-state index in [0.717, 1.165) is 70.8 Å². The van der Waals surface area contributed by atoms with Gasteiger partial charge in [0.25, 0.3) is 5.91 Å².